The third kappa shape index (κ3) is 2.39. The van der Waals surface area contributed by atoms with Gasteiger partial charge in [0, 0.05) is 5.69 Å². The van der Waals surface area contributed by atoms with Crippen molar-refractivity contribution in [2.75, 3.05) is 18.2 Å². The van der Waals surface area contributed by atoms with Crippen LogP contribution in [0.5, 0.6) is 0 Å². The van der Waals surface area contributed by atoms with Crippen molar-refractivity contribution in [3.8, 4) is 0 Å². The van der Waals surface area contributed by atoms with Crippen LogP contribution >= 0.6 is 0 Å². The summed E-state index contributed by atoms with van der Waals surface area (Å²) in [5.41, 5.74) is 9.04. The van der Waals surface area contributed by atoms with E-state index in [0.29, 0.717) is 28.0 Å². The Bertz CT molecular complexity index is 911. The molecule has 5 N–H and O–H groups in total. The molecule has 7 heteroatoms. The number of ether oxygens (including phenoxy) is 1. The molecule has 0 aliphatic heterocycles. The number of methoxy groups -OCH3 is 1. The zero-order chi connectivity index (χ0) is 15.7. The zero-order valence-corrected chi connectivity index (χ0v) is 11.8. The molecule has 22 heavy (non-hydrogen) atoms. The van der Waals surface area contributed by atoms with E-state index in [1.54, 1.807) is 36.4 Å². The van der Waals surface area contributed by atoms with E-state index in [2.05, 4.69) is 15.3 Å². The summed E-state index contributed by atoms with van der Waals surface area (Å²) in [7, 11) is 1.30. The maximum Gasteiger partial charge on any atom is 0.340 e. The van der Waals surface area contributed by atoms with Crippen LogP contribution in [0.3, 0.4) is 0 Å². The molecule has 7 nitrogen and oxygen atoms in total. The van der Waals surface area contributed by atoms with Crippen LogP contribution in [0.25, 0.3) is 11.0 Å². The van der Waals surface area contributed by atoms with Gasteiger partial charge in [-0.15, -0.1) is 0 Å². The van der Waals surface area contributed by atoms with E-state index >= 15 is 0 Å². The molecule has 0 atom stereocenters. The molecule has 0 saturated carbocycles. The van der Waals surface area contributed by atoms with Crippen molar-refractivity contribution in [2.24, 2.45) is 0 Å². The SMILES string of the molecule is COC(=O)c1cccc(Nc2ccc3[nH]c(=O)[nH]c3c2)c1N. The van der Waals surface area contributed by atoms with E-state index in [1.165, 1.54) is 7.11 Å². The van der Waals surface area contributed by atoms with Crippen molar-refractivity contribution in [3.63, 3.8) is 0 Å². The minimum absolute atomic E-state index is 0.264. The number of fused-ring (bicyclic) bond motifs is 1. The Morgan fingerprint density at radius 3 is 2.73 bits per heavy atom. The topological polar surface area (TPSA) is 113 Å². The Morgan fingerprint density at radius 1 is 1.18 bits per heavy atom. The normalized spacial score (nSPS) is 10.6. The summed E-state index contributed by atoms with van der Waals surface area (Å²) in [6.07, 6.45) is 0. The van der Waals surface area contributed by atoms with Crippen LogP contribution < -0.4 is 16.7 Å². The van der Waals surface area contributed by atoms with Crippen molar-refractivity contribution in [3.05, 3.63) is 52.4 Å². The minimum Gasteiger partial charge on any atom is -0.465 e. The molecule has 0 aliphatic carbocycles. The molecule has 1 heterocycles. The van der Waals surface area contributed by atoms with Crippen molar-refractivity contribution in [1.82, 2.24) is 9.97 Å². The molecule has 112 valence electrons. The number of esters is 1. The predicted molar refractivity (Wildman–Crippen MR) is 84.4 cm³/mol. The van der Waals surface area contributed by atoms with Crippen LogP contribution in [0.4, 0.5) is 17.1 Å². The van der Waals surface area contributed by atoms with Crippen LogP contribution in [0.2, 0.25) is 0 Å². The summed E-state index contributed by atoms with van der Waals surface area (Å²) in [5.74, 6) is -0.494. The fraction of sp³-hybridized carbons (Fsp3) is 0.0667. The van der Waals surface area contributed by atoms with Crippen molar-refractivity contribution in [1.29, 1.82) is 0 Å². The summed E-state index contributed by atoms with van der Waals surface area (Å²) in [5, 5.41) is 3.12. The first kappa shape index (κ1) is 13.7. The van der Waals surface area contributed by atoms with Gasteiger partial charge in [0.05, 0.1) is 35.1 Å². The fourth-order valence-electron chi connectivity index (χ4n) is 2.23. The van der Waals surface area contributed by atoms with E-state index in [-0.39, 0.29) is 5.69 Å². The first-order chi connectivity index (χ1) is 10.6. The number of rotatable bonds is 3. The second-order valence-electron chi connectivity index (χ2n) is 4.72. The number of para-hydroxylation sites is 1. The van der Waals surface area contributed by atoms with Crippen LogP contribution in [0.15, 0.2) is 41.2 Å². The Balaban J connectivity index is 1.97. The third-order valence-corrected chi connectivity index (χ3v) is 3.31. The maximum atomic E-state index is 11.6. The van der Waals surface area contributed by atoms with E-state index in [0.717, 1.165) is 5.69 Å². The van der Waals surface area contributed by atoms with Gasteiger partial charge < -0.3 is 25.8 Å². The largest absolute Gasteiger partial charge is 0.465 e. The predicted octanol–water partition coefficient (Wildman–Crippen LogP) is 1.97. The van der Waals surface area contributed by atoms with Gasteiger partial charge in [-0.3, -0.25) is 0 Å². The van der Waals surface area contributed by atoms with Crippen molar-refractivity contribution >= 4 is 34.1 Å². The van der Waals surface area contributed by atoms with E-state index in [4.69, 9.17) is 10.5 Å². The average molecular weight is 298 g/mol. The van der Waals surface area contributed by atoms with E-state index in [9.17, 15) is 9.59 Å². The van der Waals surface area contributed by atoms with Gasteiger partial charge in [-0.25, -0.2) is 9.59 Å². The quantitative estimate of drug-likeness (QED) is 0.436. The number of anilines is 3. The Kier molecular flexibility index (Phi) is 3.30. The Morgan fingerprint density at radius 2 is 1.95 bits per heavy atom. The lowest BCUT2D eigenvalue weighted by Crippen LogP contribution is -2.07. The van der Waals surface area contributed by atoms with Gasteiger partial charge in [0.1, 0.15) is 0 Å². The smallest absolute Gasteiger partial charge is 0.340 e. The second kappa shape index (κ2) is 5.28. The summed E-state index contributed by atoms with van der Waals surface area (Å²) < 4.78 is 4.69. The lowest BCUT2D eigenvalue weighted by molar-refractivity contribution is 0.0602. The molecule has 0 saturated heterocycles. The van der Waals surface area contributed by atoms with Gasteiger partial charge >= 0.3 is 11.7 Å². The minimum atomic E-state index is -0.494. The molecule has 0 radical (unpaired) electrons. The molecule has 0 amide bonds. The molecule has 0 spiro atoms. The molecule has 0 unspecified atom stereocenters. The molecular weight excluding hydrogens is 284 g/mol. The highest BCUT2D eigenvalue weighted by Crippen LogP contribution is 2.27. The lowest BCUT2D eigenvalue weighted by atomic mass is 10.1. The number of aromatic nitrogens is 2. The van der Waals surface area contributed by atoms with Gasteiger partial charge in [0.25, 0.3) is 0 Å². The monoisotopic (exact) mass is 298 g/mol. The van der Waals surface area contributed by atoms with Crippen LogP contribution in [0.1, 0.15) is 10.4 Å². The van der Waals surface area contributed by atoms with Crippen molar-refractivity contribution in [2.45, 2.75) is 0 Å². The number of H-pyrrole nitrogens is 2. The summed E-state index contributed by atoms with van der Waals surface area (Å²) in [6, 6.07) is 10.4. The highest BCUT2D eigenvalue weighted by atomic mass is 16.5. The number of imidazole rings is 1. The number of aromatic amines is 2. The molecular formula is C15H14N4O3. The molecule has 0 fully saturated rings. The number of carbonyl (C=O) groups is 1. The average Bonchev–Trinajstić information content (AvgIpc) is 2.88. The second-order valence-corrected chi connectivity index (χ2v) is 4.72. The Labute approximate surface area is 125 Å². The Hall–Kier alpha value is -3.22. The molecule has 0 bridgehead atoms. The molecule has 3 aromatic rings. The van der Waals surface area contributed by atoms with Gasteiger partial charge in [-0.1, -0.05) is 6.07 Å². The summed E-state index contributed by atoms with van der Waals surface area (Å²) in [4.78, 5) is 28.3. The zero-order valence-electron chi connectivity index (χ0n) is 11.8. The first-order valence-corrected chi connectivity index (χ1v) is 6.54. The number of hydrogen-bond donors (Lipinski definition) is 4. The van der Waals surface area contributed by atoms with E-state index < -0.39 is 5.97 Å². The molecule has 1 aromatic heterocycles. The summed E-state index contributed by atoms with van der Waals surface area (Å²) in [6.45, 7) is 0. The molecule has 0 aliphatic rings. The number of nitrogens with one attached hydrogen (secondary N) is 3. The van der Waals surface area contributed by atoms with Gasteiger partial charge in [0.15, 0.2) is 0 Å². The first-order valence-electron chi connectivity index (χ1n) is 6.54. The van der Waals surface area contributed by atoms with Crippen molar-refractivity contribution < 1.29 is 9.53 Å². The van der Waals surface area contributed by atoms with Crippen LogP contribution in [-0.4, -0.2) is 23.0 Å². The number of benzene rings is 2. The third-order valence-electron chi connectivity index (χ3n) is 3.31. The number of nitrogens with two attached hydrogens (primary N) is 1. The highest BCUT2D eigenvalue weighted by molar-refractivity contribution is 5.99. The standard InChI is InChI=1S/C15H14N4O3/c1-22-14(20)9-3-2-4-11(13(9)16)17-8-5-6-10-12(7-8)19-15(21)18-10/h2-7,17H,16H2,1H3,(H2,18,19,21). The van der Waals surface area contributed by atoms with Gasteiger partial charge in [-0.2, -0.15) is 0 Å². The van der Waals surface area contributed by atoms with Crippen LogP contribution in [-0.2, 0) is 4.74 Å². The number of carbonyl (C=O) groups excluding carboxylic acids is 1. The summed E-state index contributed by atoms with van der Waals surface area (Å²) >= 11 is 0. The maximum absolute atomic E-state index is 11.6. The number of hydrogen-bond acceptors (Lipinski definition) is 5. The highest BCUT2D eigenvalue weighted by Gasteiger charge is 2.13. The van der Waals surface area contributed by atoms with Gasteiger partial charge in [0.2, 0.25) is 0 Å². The lowest BCUT2D eigenvalue weighted by Gasteiger charge is -2.12. The van der Waals surface area contributed by atoms with Gasteiger partial charge in [-0.05, 0) is 30.3 Å². The fourth-order valence-corrected chi connectivity index (χ4v) is 2.23. The number of nitrogen functional groups attached to an aromatic ring is 1. The molecule has 2 aromatic carbocycles. The van der Waals surface area contributed by atoms with Crippen LogP contribution in [0, 0.1) is 0 Å². The molecule has 3 rings (SSSR count). The van der Waals surface area contributed by atoms with E-state index in [1.807, 2.05) is 0 Å².